The van der Waals surface area contributed by atoms with Crippen molar-refractivity contribution in [3.8, 4) is 0 Å². The molecule has 0 saturated carbocycles. The minimum Gasteiger partial charge on any atom is -0.0654 e. The zero-order chi connectivity index (χ0) is 17.5. The van der Waals surface area contributed by atoms with Gasteiger partial charge in [0.2, 0.25) is 0 Å². The van der Waals surface area contributed by atoms with E-state index in [0.29, 0.717) is 0 Å². The van der Waals surface area contributed by atoms with E-state index in [1.807, 2.05) is 0 Å². The molecule has 0 spiro atoms. The lowest BCUT2D eigenvalue weighted by Gasteiger charge is -2.18. The van der Waals surface area contributed by atoms with Crippen molar-refractivity contribution in [1.29, 1.82) is 0 Å². The molecule has 0 fully saturated rings. The summed E-state index contributed by atoms with van der Waals surface area (Å²) in [5.74, 6) is 0.828. The van der Waals surface area contributed by atoms with Crippen molar-refractivity contribution in [3.63, 3.8) is 0 Å². The van der Waals surface area contributed by atoms with Crippen LogP contribution >= 0.6 is 0 Å². The molecule has 0 nitrogen and oxygen atoms in total. The smallest absolute Gasteiger partial charge is 0.0146 e. The maximum atomic E-state index is 2.44. The first kappa shape index (κ1) is 19.0. The first-order valence-electron chi connectivity index (χ1n) is 10.1. The molecule has 0 amide bonds. The third-order valence-corrected chi connectivity index (χ3v) is 5.38. The molecule has 0 aromatic heterocycles. The summed E-state index contributed by atoms with van der Waals surface area (Å²) < 4.78 is 0. The van der Waals surface area contributed by atoms with Crippen molar-refractivity contribution in [2.75, 3.05) is 0 Å². The van der Waals surface area contributed by atoms with Gasteiger partial charge in [-0.15, -0.1) is 0 Å². The maximum Gasteiger partial charge on any atom is -0.0146 e. The molecule has 0 heterocycles. The Balaban J connectivity index is 2.43. The number of aryl methyl sites for hydroxylation is 3. The van der Waals surface area contributed by atoms with Gasteiger partial charge in [0.05, 0.1) is 0 Å². The van der Waals surface area contributed by atoms with Gasteiger partial charge in [0.1, 0.15) is 0 Å². The van der Waals surface area contributed by atoms with Gasteiger partial charge in [-0.05, 0) is 60.9 Å². The fraction of sp³-hybridized carbons (Fsp3) is 0.583. The monoisotopic (exact) mass is 324 g/mol. The molecule has 132 valence electrons. The van der Waals surface area contributed by atoms with Crippen molar-refractivity contribution in [1.82, 2.24) is 0 Å². The van der Waals surface area contributed by atoms with Crippen LogP contribution < -0.4 is 0 Å². The minimum atomic E-state index is 0.828. The molecular weight excluding hydrogens is 288 g/mol. The summed E-state index contributed by atoms with van der Waals surface area (Å²) >= 11 is 0. The van der Waals surface area contributed by atoms with Gasteiger partial charge < -0.3 is 0 Å². The number of hydrogen-bond acceptors (Lipinski definition) is 0. The van der Waals surface area contributed by atoms with Gasteiger partial charge in [-0.25, -0.2) is 0 Å². The topological polar surface area (TPSA) is 0 Å². The molecular formula is C24H36. The molecule has 0 aliphatic rings. The van der Waals surface area contributed by atoms with Crippen molar-refractivity contribution >= 4 is 10.8 Å². The van der Waals surface area contributed by atoms with Crippen molar-refractivity contribution in [2.45, 2.75) is 86.0 Å². The Kier molecular flexibility index (Phi) is 7.34. The van der Waals surface area contributed by atoms with Crippen molar-refractivity contribution in [2.24, 2.45) is 5.92 Å². The van der Waals surface area contributed by atoms with Gasteiger partial charge in [-0.1, -0.05) is 88.3 Å². The number of rotatable bonds is 9. The van der Waals surface area contributed by atoms with Gasteiger partial charge >= 0.3 is 0 Å². The third-order valence-electron chi connectivity index (χ3n) is 5.38. The van der Waals surface area contributed by atoms with Crippen LogP contribution in [0.1, 0.15) is 81.5 Å². The summed E-state index contributed by atoms with van der Waals surface area (Å²) in [6.45, 7) is 11.5. The maximum absolute atomic E-state index is 2.44. The summed E-state index contributed by atoms with van der Waals surface area (Å²) in [5, 5.41) is 3.02. The summed E-state index contributed by atoms with van der Waals surface area (Å²) in [7, 11) is 0. The van der Waals surface area contributed by atoms with Crippen LogP contribution in [0.25, 0.3) is 10.8 Å². The summed E-state index contributed by atoms with van der Waals surface area (Å²) in [6, 6.07) is 9.69. The Bertz CT molecular complexity index is 651. The highest BCUT2D eigenvalue weighted by Gasteiger charge is 2.12. The van der Waals surface area contributed by atoms with Crippen LogP contribution in [-0.4, -0.2) is 0 Å². The molecule has 0 heteroatoms. The fourth-order valence-electron chi connectivity index (χ4n) is 3.93. The Labute approximate surface area is 149 Å². The Morgan fingerprint density at radius 3 is 1.92 bits per heavy atom. The number of fused-ring (bicyclic) bond motifs is 1. The molecule has 0 saturated heterocycles. The van der Waals surface area contributed by atoms with Crippen LogP contribution in [0.15, 0.2) is 24.3 Å². The highest BCUT2D eigenvalue weighted by molar-refractivity contribution is 5.90. The Morgan fingerprint density at radius 1 is 0.750 bits per heavy atom. The predicted octanol–water partition coefficient (Wildman–Crippen LogP) is 7.56. The second-order valence-electron chi connectivity index (χ2n) is 7.67. The average molecular weight is 325 g/mol. The fourth-order valence-corrected chi connectivity index (χ4v) is 3.93. The van der Waals surface area contributed by atoms with Gasteiger partial charge in [0.15, 0.2) is 0 Å². The lowest BCUT2D eigenvalue weighted by atomic mass is 9.87. The summed E-state index contributed by atoms with van der Waals surface area (Å²) in [5.41, 5.74) is 5.97. The standard InChI is InChI=1S/C24H36/c1-6-9-11-20(8-3)17-22-14-19(5)15-23-21(12-10-7-2)13-18(4)16-24(22)23/h13-16,20H,6-12,17H2,1-5H3. The van der Waals surface area contributed by atoms with E-state index in [1.165, 1.54) is 73.3 Å². The molecule has 0 N–H and O–H groups in total. The van der Waals surface area contributed by atoms with Gasteiger partial charge in [-0.2, -0.15) is 0 Å². The predicted molar refractivity (Wildman–Crippen MR) is 109 cm³/mol. The molecule has 0 aliphatic heterocycles. The van der Waals surface area contributed by atoms with E-state index in [2.05, 4.69) is 58.9 Å². The molecule has 1 atom stereocenters. The highest BCUT2D eigenvalue weighted by atomic mass is 14.2. The molecule has 0 aliphatic carbocycles. The molecule has 0 radical (unpaired) electrons. The van der Waals surface area contributed by atoms with Crippen LogP contribution in [-0.2, 0) is 12.8 Å². The Morgan fingerprint density at radius 2 is 1.33 bits per heavy atom. The van der Waals surface area contributed by atoms with E-state index in [1.54, 1.807) is 11.1 Å². The second kappa shape index (κ2) is 9.25. The van der Waals surface area contributed by atoms with E-state index in [9.17, 15) is 0 Å². The molecule has 2 rings (SSSR count). The van der Waals surface area contributed by atoms with Gasteiger partial charge in [0.25, 0.3) is 0 Å². The third kappa shape index (κ3) is 4.85. The lowest BCUT2D eigenvalue weighted by molar-refractivity contribution is 0.450. The number of benzene rings is 2. The molecule has 0 bridgehead atoms. The quantitative estimate of drug-likeness (QED) is 0.446. The van der Waals surface area contributed by atoms with Crippen LogP contribution in [0.2, 0.25) is 0 Å². The van der Waals surface area contributed by atoms with Crippen LogP contribution in [0.4, 0.5) is 0 Å². The minimum absolute atomic E-state index is 0.828. The lowest BCUT2D eigenvalue weighted by Crippen LogP contribution is -2.05. The number of hydrogen-bond donors (Lipinski definition) is 0. The second-order valence-corrected chi connectivity index (χ2v) is 7.67. The molecule has 24 heavy (non-hydrogen) atoms. The van der Waals surface area contributed by atoms with Crippen molar-refractivity contribution < 1.29 is 0 Å². The van der Waals surface area contributed by atoms with Crippen LogP contribution in [0, 0.1) is 19.8 Å². The zero-order valence-electron chi connectivity index (χ0n) is 16.5. The van der Waals surface area contributed by atoms with Crippen LogP contribution in [0.5, 0.6) is 0 Å². The van der Waals surface area contributed by atoms with Crippen molar-refractivity contribution in [3.05, 3.63) is 46.5 Å². The molecule has 2 aromatic rings. The normalized spacial score (nSPS) is 12.7. The van der Waals surface area contributed by atoms with Crippen LogP contribution in [0.3, 0.4) is 0 Å². The SMILES string of the molecule is CCCCc1cc(C)cc2c(CC(CC)CCCC)cc(C)cc12. The van der Waals surface area contributed by atoms with Gasteiger partial charge in [0, 0.05) is 0 Å². The van der Waals surface area contributed by atoms with Gasteiger partial charge in [-0.3, -0.25) is 0 Å². The summed E-state index contributed by atoms with van der Waals surface area (Å²) in [4.78, 5) is 0. The first-order valence-corrected chi connectivity index (χ1v) is 10.1. The zero-order valence-corrected chi connectivity index (χ0v) is 16.5. The van der Waals surface area contributed by atoms with E-state index in [0.717, 1.165) is 5.92 Å². The largest absolute Gasteiger partial charge is 0.0654 e. The average Bonchev–Trinajstić information content (AvgIpc) is 2.57. The number of unbranched alkanes of at least 4 members (excludes halogenated alkanes) is 2. The molecule has 2 aromatic carbocycles. The van der Waals surface area contributed by atoms with E-state index in [4.69, 9.17) is 0 Å². The first-order chi connectivity index (χ1) is 11.6. The van der Waals surface area contributed by atoms with E-state index in [-0.39, 0.29) is 0 Å². The van der Waals surface area contributed by atoms with E-state index < -0.39 is 0 Å². The highest BCUT2D eigenvalue weighted by Crippen LogP contribution is 2.30. The van der Waals surface area contributed by atoms with E-state index >= 15 is 0 Å². The Hall–Kier alpha value is -1.30. The summed E-state index contributed by atoms with van der Waals surface area (Å²) in [6.07, 6.45) is 10.4. The molecule has 1 unspecified atom stereocenters.